The Bertz CT molecular complexity index is 1280. The molecule has 0 aliphatic rings. The van der Waals surface area contributed by atoms with Gasteiger partial charge in [-0.15, -0.1) is 0 Å². The summed E-state index contributed by atoms with van der Waals surface area (Å²) in [5.74, 6) is -1.92. The number of carbonyl (C=O) groups excluding carboxylic acids is 1. The average molecular weight is 594 g/mol. The second kappa shape index (κ2) is 12.5. The molecule has 3 rings (SSSR count). The summed E-state index contributed by atoms with van der Waals surface area (Å²) in [6.07, 6.45) is 0. The van der Waals surface area contributed by atoms with Gasteiger partial charge in [-0.25, -0.2) is 4.79 Å². The van der Waals surface area contributed by atoms with Gasteiger partial charge in [-0.2, -0.15) is 9.97 Å². The van der Waals surface area contributed by atoms with Crippen LogP contribution in [0.2, 0.25) is 15.1 Å². The van der Waals surface area contributed by atoms with E-state index in [1.165, 1.54) is 58.8 Å². The number of ether oxygens (including phenoxy) is 3. The molecule has 0 fully saturated rings. The first-order valence-corrected chi connectivity index (χ1v) is 13.5. The molecule has 9 nitrogen and oxygen atoms in total. The number of methoxy groups -OCH3 is 2. The third-order valence-corrected chi connectivity index (χ3v) is 8.48. The number of carbonyl (C=O) groups is 1. The van der Waals surface area contributed by atoms with E-state index in [0.29, 0.717) is 9.92 Å². The van der Waals surface area contributed by atoms with Gasteiger partial charge in [-0.3, -0.25) is 4.57 Å². The topological polar surface area (TPSA) is 106 Å². The number of benzene rings is 2. The Labute approximate surface area is 226 Å². The van der Waals surface area contributed by atoms with Crippen LogP contribution in [0.25, 0.3) is 0 Å². The molecule has 1 aromatic heterocycles. The first kappa shape index (κ1) is 28.5. The smallest absolute Gasteiger partial charge is 0.375 e. The maximum absolute atomic E-state index is 13.5. The lowest BCUT2D eigenvalue weighted by molar-refractivity contribution is 0.0378. The Hall–Kier alpha value is -2.04. The Morgan fingerprint density at radius 1 is 0.917 bits per heavy atom. The van der Waals surface area contributed by atoms with Crippen LogP contribution in [0.4, 0.5) is 0 Å². The number of hydrogen-bond donors (Lipinski definition) is 0. The molecular formula is C22H20Cl3N2O7PS. The van der Waals surface area contributed by atoms with E-state index in [-0.39, 0.29) is 38.1 Å². The lowest BCUT2D eigenvalue weighted by Gasteiger charge is -2.25. The van der Waals surface area contributed by atoms with Gasteiger partial charge in [0.15, 0.2) is 5.16 Å². The summed E-state index contributed by atoms with van der Waals surface area (Å²) in [6.45, 7) is 0. The standard InChI is InChI=1S/C22H20Cl3N2O7PS/c1-30-17-11-18(31-2)27-22(26-17)36-16-7-5-6-14(24)19(16)20(28)34-21(35(29,32-3)33-4)13-9-8-12(23)10-15(13)25/h5-11,21H,1-4H3. The fraction of sp³-hybridized carbons (Fsp3) is 0.227. The summed E-state index contributed by atoms with van der Waals surface area (Å²) >= 11 is 19.7. The third kappa shape index (κ3) is 6.44. The molecule has 14 heteroatoms. The monoisotopic (exact) mass is 592 g/mol. The molecule has 0 amide bonds. The van der Waals surface area contributed by atoms with E-state index in [1.807, 2.05) is 0 Å². The van der Waals surface area contributed by atoms with Gasteiger partial charge < -0.3 is 23.3 Å². The summed E-state index contributed by atoms with van der Waals surface area (Å²) in [4.78, 5) is 22.3. The molecular weight excluding hydrogens is 574 g/mol. The molecule has 3 aromatic rings. The van der Waals surface area contributed by atoms with E-state index >= 15 is 0 Å². The SMILES string of the molecule is COc1cc(OC)nc(Sc2cccc(Cl)c2C(=O)OC(c2ccc(Cl)cc2Cl)P(=O)(OC)OC)n1. The normalized spacial score (nSPS) is 12.2. The number of aromatic nitrogens is 2. The number of nitrogens with zero attached hydrogens (tertiary/aromatic N) is 2. The van der Waals surface area contributed by atoms with Gasteiger partial charge in [0.05, 0.1) is 30.9 Å². The molecule has 36 heavy (non-hydrogen) atoms. The zero-order valence-corrected chi connectivity index (χ0v) is 23.3. The average Bonchev–Trinajstić information content (AvgIpc) is 2.87. The van der Waals surface area contributed by atoms with Crippen molar-refractivity contribution in [3.05, 3.63) is 68.7 Å². The highest BCUT2D eigenvalue weighted by atomic mass is 35.5. The fourth-order valence-corrected chi connectivity index (χ4v) is 6.07. The summed E-state index contributed by atoms with van der Waals surface area (Å²) in [5, 5.41) is 0.724. The lowest BCUT2D eigenvalue weighted by atomic mass is 10.2. The molecule has 0 saturated heterocycles. The van der Waals surface area contributed by atoms with Crippen molar-refractivity contribution >= 4 is 60.1 Å². The molecule has 0 aliphatic heterocycles. The summed E-state index contributed by atoms with van der Waals surface area (Å²) in [5.41, 5.74) is 0.145. The third-order valence-electron chi connectivity index (χ3n) is 4.70. The molecule has 1 unspecified atom stereocenters. The van der Waals surface area contributed by atoms with Crippen LogP contribution in [0.15, 0.2) is 52.5 Å². The van der Waals surface area contributed by atoms with Crippen molar-refractivity contribution in [3.63, 3.8) is 0 Å². The highest BCUT2D eigenvalue weighted by Crippen LogP contribution is 2.61. The molecule has 0 bridgehead atoms. The number of rotatable bonds is 10. The Morgan fingerprint density at radius 3 is 2.11 bits per heavy atom. The van der Waals surface area contributed by atoms with Crippen LogP contribution in [0.5, 0.6) is 11.8 Å². The first-order chi connectivity index (χ1) is 17.1. The Kier molecular flexibility index (Phi) is 9.88. The Morgan fingerprint density at radius 2 is 1.56 bits per heavy atom. The van der Waals surface area contributed by atoms with Gasteiger partial charge in [0, 0.05) is 34.7 Å². The van der Waals surface area contributed by atoms with Crippen LogP contribution in [0.3, 0.4) is 0 Å². The summed E-state index contributed by atoms with van der Waals surface area (Å²) in [7, 11) is 1.20. The predicted octanol–water partition coefficient (Wildman–Crippen LogP) is 6.95. The highest BCUT2D eigenvalue weighted by molar-refractivity contribution is 7.99. The molecule has 1 atom stereocenters. The zero-order valence-electron chi connectivity index (χ0n) is 19.4. The lowest BCUT2D eigenvalue weighted by Crippen LogP contribution is -2.15. The van der Waals surface area contributed by atoms with Crippen molar-refractivity contribution in [2.24, 2.45) is 0 Å². The minimum atomic E-state index is -4.03. The van der Waals surface area contributed by atoms with Crippen LogP contribution in [-0.2, 0) is 18.3 Å². The zero-order chi connectivity index (χ0) is 26.5. The van der Waals surface area contributed by atoms with E-state index < -0.39 is 19.4 Å². The predicted molar refractivity (Wildman–Crippen MR) is 137 cm³/mol. The largest absolute Gasteiger partial charge is 0.481 e. The van der Waals surface area contributed by atoms with Crippen LogP contribution in [-0.4, -0.2) is 44.4 Å². The van der Waals surface area contributed by atoms with Crippen molar-refractivity contribution in [2.45, 2.75) is 15.9 Å². The van der Waals surface area contributed by atoms with E-state index in [9.17, 15) is 9.36 Å². The quantitative estimate of drug-likeness (QED) is 0.139. The molecule has 0 spiro atoms. The molecule has 2 aromatic carbocycles. The molecule has 0 N–H and O–H groups in total. The van der Waals surface area contributed by atoms with E-state index in [4.69, 9.17) is 58.1 Å². The summed E-state index contributed by atoms with van der Waals surface area (Å²) < 4.78 is 39.6. The maximum Gasteiger partial charge on any atom is 0.375 e. The minimum Gasteiger partial charge on any atom is -0.481 e. The van der Waals surface area contributed by atoms with E-state index in [0.717, 1.165) is 11.8 Å². The van der Waals surface area contributed by atoms with Crippen molar-refractivity contribution < 1.29 is 32.6 Å². The van der Waals surface area contributed by atoms with Gasteiger partial charge in [-0.1, -0.05) is 46.9 Å². The van der Waals surface area contributed by atoms with Gasteiger partial charge >= 0.3 is 13.6 Å². The van der Waals surface area contributed by atoms with Crippen LogP contribution < -0.4 is 9.47 Å². The summed E-state index contributed by atoms with van der Waals surface area (Å²) in [6, 6.07) is 10.7. The number of esters is 1. The first-order valence-electron chi connectivity index (χ1n) is 9.96. The highest BCUT2D eigenvalue weighted by Gasteiger charge is 2.41. The molecule has 0 radical (unpaired) electrons. The Balaban J connectivity index is 2.04. The molecule has 0 aliphatic carbocycles. The van der Waals surface area contributed by atoms with Gasteiger partial charge in [0.1, 0.15) is 0 Å². The van der Waals surface area contributed by atoms with Crippen LogP contribution in [0, 0.1) is 0 Å². The molecule has 0 saturated carbocycles. The van der Waals surface area contributed by atoms with E-state index in [2.05, 4.69) is 9.97 Å². The van der Waals surface area contributed by atoms with Crippen LogP contribution in [0.1, 0.15) is 21.8 Å². The van der Waals surface area contributed by atoms with Crippen molar-refractivity contribution in [2.75, 3.05) is 28.4 Å². The van der Waals surface area contributed by atoms with E-state index in [1.54, 1.807) is 12.1 Å². The molecule has 192 valence electrons. The second-order valence-corrected chi connectivity index (χ2v) is 11.3. The second-order valence-electron chi connectivity index (χ2n) is 6.78. The fourth-order valence-electron chi connectivity index (χ4n) is 2.95. The van der Waals surface area contributed by atoms with Gasteiger partial charge in [0.2, 0.25) is 17.6 Å². The number of halogens is 3. The van der Waals surface area contributed by atoms with Crippen molar-refractivity contribution in [1.29, 1.82) is 0 Å². The van der Waals surface area contributed by atoms with Crippen LogP contribution >= 0.6 is 54.2 Å². The number of hydrogen-bond acceptors (Lipinski definition) is 10. The van der Waals surface area contributed by atoms with Crippen molar-refractivity contribution in [1.82, 2.24) is 9.97 Å². The minimum absolute atomic E-state index is 0.0246. The van der Waals surface area contributed by atoms with Gasteiger partial charge in [-0.05, 0) is 36.0 Å². The van der Waals surface area contributed by atoms with Crippen molar-refractivity contribution in [3.8, 4) is 11.8 Å². The maximum atomic E-state index is 13.5. The molecule has 1 heterocycles. The van der Waals surface area contributed by atoms with Gasteiger partial charge in [0.25, 0.3) is 0 Å².